The Labute approximate surface area is 167 Å². The fourth-order valence-electron chi connectivity index (χ4n) is 2.89. The number of carbonyl (C=O) groups excluding carboxylic acids is 1. The van der Waals surface area contributed by atoms with Gasteiger partial charge in [-0.15, -0.1) is 0 Å². The molecular weight excluding hydrogens is 407 g/mol. The van der Waals surface area contributed by atoms with Crippen LogP contribution in [0.4, 0.5) is 22.0 Å². The number of rotatable bonds is 4. The van der Waals surface area contributed by atoms with Gasteiger partial charge in [-0.1, -0.05) is 30.3 Å². The van der Waals surface area contributed by atoms with Crippen molar-refractivity contribution in [1.29, 1.82) is 0 Å². The Balaban J connectivity index is 1.56. The molecule has 152 valence electrons. The van der Waals surface area contributed by atoms with Gasteiger partial charge in [0.05, 0.1) is 11.1 Å². The summed E-state index contributed by atoms with van der Waals surface area (Å²) in [5, 5.41) is 0. The molecule has 1 heterocycles. The first-order valence-electron chi connectivity index (χ1n) is 8.63. The highest BCUT2D eigenvalue weighted by molar-refractivity contribution is 6.14. The Morgan fingerprint density at radius 2 is 1.47 bits per heavy atom. The van der Waals surface area contributed by atoms with Crippen LogP contribution in [0, 0.1) is 29.1 Å². The molecule has 0 amide bonds. The molecule has 8 heteroatoms. The SMILES string of the molecule is O=C1C(=Cc2ccccc2)Oc2cc(OCc3c(F)c(F)c(F)c(F)c3F)ccc21. The number of hydrogen-bond donors (Lipinski definition) is 0. The molecule has 0 N–H and O–H groups in total. The number of fused-ring (bicyclic) bond motifs is 1. The number of ether oxygens (including phenoxy) is 2. The predicted octanol–water partition coefficient (Wildman–Crippen LogP) is 5.58. The standard InChI is InChI=1S/C22H11F5O3/c23-17-14(18(24)20(26)21(27)19(17)25)10-29-12-6-7-13-15(9-12)30-16(22(13)28)8-11-4-2-1-3-5-11/h1-9H,10H2. The molecule has 0 fully saturated rings. The van der Waals surface area contributed by atoms with Crippen LogP contribution in [0.15, 0.2) is 54.3 Å². The Kier molecular flexibility index (Phi) is 4.99. The summed E-state index contributed by atoms with van der Waals surface area (Å²) in [6.45, 7) is -0.911. The molecule has 0 spiro atoms. The lowest BCUT2D eigenvalue weighted by Crippen LogP contribution is -2.09. The lowest BCUT2D eigenvalue weighted by atomic mass is 10.1. The molecule has 1 aliphatic heterocycles. The Morgan fingerprint density at radius 3 is 2.13 bits per heavy atom. The third-order valence-corrected chi connectivity index (χ3v) is 4.42. The van der Waals surface area contributed by atoms with Gasteiger partial charge in [-0.2, -0.15) is 0 Å². The van der Waals surface area contributed by atoms with E-state index in [9.17, 15) is 26.7 Å². The quantitative estimate of drug-likeness (QED) is 0.240. The fraction of sp³-hybridized carbons (Fsp3) is 0.0455. The van der Waals surface area contributed by atoms with Crippen LogP contribution < -0.4 is 9.47 Å². The number of hydrogen-bond acceptors (Lipinski definition) is 3. The smallest absolute Gasteiger partial charge is 0.231 e. The molecule has 0 aromatic heterocycles. The number of ketones is 1. The van der Waals surface area contributed by atoms with Crippen LogP contribution in [-0.4, -0.2) is 5.78 Å². The molecule has 0 bridgehead atoms. The molecule has 3 aromatic rings. The van der Waals surface area contributed by atoms with Gasteiger partial charge in [0.15, 0.2) is 29.0 Å². The molecule has 0 saturated heterocycles. The molecule has 4 rings (SSSR count). The van der Waals surface area contributed by atoms with Crippen molar-refractivity contribution >= 4 is 11.9 Å². The normalized spacial score (nSPS) is 14.0. The minimum absolute atomic E-state index is 0.0199. The van der Waals surface area contributed by atoms with Crippen molar-refractivity contribution in [1.82, 2.24) is 0 Å². The number of benzene rings is 3. The van der Waals surface area contributed by atoms with Crippen LogP contribution in [0.5, 0.6) is 11.5 Å². The molecule has 0 atom stereocenters. The second-order valence-corrected chi connectivity index (χ2v) is 6.35. The highest BCUT2D eigenvalue weighted by Crippen LogP contribution is 2.35. The average molecular weight is 418 g/mol. The van der Waals surface area contributed by atoms with Crippen molar-refractivity contribution in [3.05, 3.63) is 100 Å². The van der Waals surface area contributed by atoms with Crippen LogP contribution >= 0.6 is 0 Å². The van der Waals surface area contributed by atoms with Crippen molar-refractivity contribution in [2.75, 3.05) is 0 Å². The van der Waals surface area contributed by atoms with Gasteiger partial charge < -0.3 is 9.47 Å². The van der Waals surface area contributed by atoms with Crippen LogP contribution in [0.2, 0.25) is 0 Å². The molecule has 0 saturated carbocycles. The number of Topliss-reactive ketones (excluding diaryl/α,β-unsaturated/α-hetero) is 1. The van der Waals surface area contributed by atoms with Crippen molar-refractivity contribution in [2.45, 2.75) is 6.61 Å². The second-order valence-electron chi connectivity index (χ2n) is 6.35. The first-order chi connectivity index (χ1) is 14.4. The van der Waals surface area contributed by atoms with E-state index in [0.29, 0.717) is 0 Å². The monoisotopic (exact) mass is 418 g/mol. The fourth-order valence-corrected chi connectivity index (χ4v) is 2.89. The third kappa shape index (κ3) is 3.41. The van der Waals surface area contributed by atoms with Crippen molar-refractivity contribution in [2.24, 2.45) is 0 Å². The van der Waals surface area contributed by atoms with E-state index in [0.717, 1.165) is 5.56 Å². The number of carbonyl (C=O) groups is 1. The summed E-state index contributed by atoms with van der Waals surface area (Å²) in [5.74, 6) is -10.4. The summed E-state index contributed by atoms with van der Waals surface area (Å²) in [7, 11) is 0. The maximum atomic E-state index is 13.8. The highest BCUT2D eigenvalue weighted by atomic mass is 19.2. The van der Waals surface area contributed by atoms with Gasteiger partial charge in [0, 0.05) is 6.07 Å². The molecule has 1 aliphatic rings. The zero-order chi connectivity index (χ0) is 21.4. The Bertz CT molecular complexity index is 1160. The van der Waals surface area contributed by atoms with E-state index in [1.165, 1.54) is 18.2 Å². The lowest BCUT2D eigenvalue weighted by Gasteiger charge is -2.10. The van der Waals surface area contributed by atoms with E-state index in [1.54, 1.807) is 30.3 Å². The van der Waals surface area contributed by atoms with Crippen LogP contribution in [0.3, 0.4) is 0 Å². The van der Waals surface area contributed by atoms with Crippen molar-refractivity contribution in [3.8, 4) is 11.5 Å². The summed E-state index contributed by atoms with van der Waals surface area (Å²) < 4.78 is 77.9. The van der Waals surface area contributed by atoms with E-state index in [4.69, 9.17) is 9.47 Å². The summed E-state index contributed by atoms with van der Waals surface area (Å²) in [6, 6.07) is 13.0. The second kappa shape index (κ2) is 7.62. The Morgan fingerprint density at radius 1 is 0.833 bits per heavy atom. The largest absolute Gasteiger partial charge is 0.489 e. The number of allylic oxidation sites excluding steroid dienone is 1. The van der Waals surface area contributed by atoms with E-state index < -0.39 is 41.3 Å². The molecule has 30 heavy (non-hydrogen) atoms. The topological polar surface area (TPSA) is 35.5 Å². The van der Waals surface area contributed by atoms with Crippen LogP contribution in [0.25, 0.3) is 6.08 Å². The van der Waals surface area contributed by atoms with E-state index in [2.05, 4.69) is 0 Å². The minimum atomic E-state index is -2.24. The van der Waals surface area contributed by atoms with Crippen LogP contribution in [0.1, 0.15) is 21.5 Å². The summed E-state index contributed by atoms with van der Waals surface area (Å²) in [5.41, 5.74) is -0.106. The maximum Gasteiger partial charge on any atom is 0.231 e. The van der Waals surface area contributed by atoms with Gasteiger partial charge in [0.2, 0.25) is 11.6 Å². The highest BCUT2D eigenvalue weighted by Gasteiger charge is 2.29. The molecule has 0 aliphatic carbocycles. The summed E-state index contributed by atoms with van der Waals surface area (Å²) in [4.78, 5) is 12.4. The first-order valence-corrected chi connectivity index (χ1v) is 8.63. The van der Waals surface area contributed by atoms with Gasteiger partial charge in [-0.3, -0.25) is 4.79 Å². The molecule has 3 aromatic carbocycles. The summed E-state index contributed by atoms with van der Waals surface area (Å²) >= 11 is 0. The van der Waals surface area contributed by atoms with E-state index in [-0.39, 0.29) is 28.6 Å². The van der Waals surface area contributed by atoms with Gasteiger partial charge in [-0.05, 0) is 23.8 Å². The molecule has 0 unspecified atom stereocenters. The maximum absolute atomic E-state index is 13.8. The zero-order valence-electron chi connectivity index (χ0n) is 15.0. The molecule has 3 nitrogen and oxygen atoms in total. The summed E-state index contributed by atoms with van der Waals surface area (Å²) in [6.07, 6.45) is 1.55. The predicted molar refractivity (Wildman–Crippen MR) is 96.4 cm³/mol. The minimum Gasteiger partial charge on any atom is -0.489 e. The Hall–Kier alpha value is -3.68. The molecular formula is C22H11F5O3. The van der Waals surface area contributed by atoms with Gasteiger partial charge in [0.25, 0.3) is 0 Å². The average Bonchev–Trinajstić information content (AvgIpc) is 3.06. The van der Waals surface area contributed by atoms with Gasteiger partial charge in [-0.25, -0.2) is 22.0 Å². The number of halogens is 5. The first kappa shape index (κ1) is 19.6. The van der Waals surface area contributed by atoms with Crippen molar-refractivity contribution < 1.29 is 36.2 Å². The third-order valence-electron chi connectivity index (χ3n) is 4.42. The van der Waals surface area contributed by atoms with Crippen LogP contribution in [-0.2, 0) is 6.61 Å². The van der Waals surface area contributed by atoms with Gasteiger partial charge >= 0.3 is 0 Å². The lowest BCUT2D eigenvalue weighted by molar-refractivity contribution is 0.101. The van der Waals surface area contributed by atoms with Crippen molar-refractivity contribution in [3.63, 3.8) is 0 Å². The molecule has 0 radical (unpaired) electrons. The van der Waals surface area contributed by atoms with Gasteiger partial charge in [0.1, 0.15) is 18.1 Å². The van der Waals surface area contributed by atoms with E-state index in [1.807, 2.05) is 6.07 Å². The zero-order valence-corrected chi connectivity index (χ0v) is 15.0. The van der Waals surface area contributed by atoms with E-state index >= 15 is 0 Å².